The number of ether oxygens (including phenoxy) is 1. The molecule has 1 aliphatic heterocycles. The maximum absolute atomic E-state index is 12.4. The molecule has 0 unspecified atom stereocenters. The van der Waals surface area contributed by atoms with Gasteiger partial charge in [0, 0.05) is 24.4 Å². The summed E-state index contributed by atoms with van der Waals surface area (Å²) in [6, 6.07) is 3.31. The van der Waals surface area contributed by atoms with Gasteiger partial charge in [-0.05, 0) is 25.0 Å². The van der Waals surface area contributed by atoms with Gasteiger partial charge in [0.2, 0.25) is 5.91 Å². The number of anilines is 1. The van der Waals surface area contributed by atoms with Gasteiger partial charge in [-0.15, -0.1) is 11.3 Å². The van der Waals surface area contributed by atoms with Crippen LogP contribution in [0.25, 0.3) is 0 Å². The third-order valence-electron chi connectivity index (χ3n) is 4.22. The fraction of sp³-hybridized carbons (Fsp3) is 0.412. The summed E-state index contributed by atoms with van der Waals surface area (Å²) in [7, 11) is 1.32. The second-order valence-electron chi connectivity index (χ2n) is 5.93. The predicted molar refractivity (Wildman–Crippen MR) is 93.8 cm³/mol. The van der Waals surface area contributed by atoms with Crippen LogP contribution in [0.3, 0.4) is 0 Å². The number of furan rings is 1. The number of esters is 1. The van der Waals surface area contributed by atoms with Gasteiger partial charge >= 0.3 is 5.97 Å². The molecule has 138 valence electrons. The first kappa shape index (κ1) is 18.1. The molecule has 0 atom stereocenters. The molecule has 2 aromatic rings. The number of nitrogens with zero attached hydrogens (tertiary/aromatic N) is 2. The topological polar surface area (TPSA) is 102 Å². The largest absolute Gasteiger partial charge is 0.469 e. The number of piperidine rings is 1. The number of likely N-dealkylation sites (tertiary alicyclic amines) is 1. The van der Waals surface area contributed by atoms with Crippen molar-refractivity contribution >= 4 is 34.3 Å². The lowest BCUT2D eigenvalue weighted by Crippen LogP contribution is -2.41. The van der Waals surface area contributed by atoms with Crippen molar-refractivity contribution in [1.82, 2.24) is 9.88 Å². The van der Waals surface area contributed by atoms with Crippen molar-refractivity contribution in [3.05, 3.63) is 35.2 Å². The van der Waals surface area contributed by atoms with Crippen LogP contribution >= 0.6 is 11.3 Å². The van der Waals surface area contributed by atoms with Crippen LogP contribution in [0.2, 0.25) is 0 Å². The lowest BCUT2D eigenvalue weighted by Gasteiger charge is -2.30. The fourth-order valence-electron chi connectivity index (χ4n) is 2.77. The summed E-state index contributed by atoms with van der Waals surface area (Å²) in [4.78, 5) is 41.8. The zero-order valence-corrected chi connectivity index (χ0v) is 15.1. The molecule has 0 radical (unpaired) electrons. The highest BCUT2D eigenvalue weighted by atomic mass is 32.1. The van der Waals surface area contributed by atoms with Crippen molar-refractivity contribution in [3.8, 4) is 0 Å². The summed E-state index contributed by atoms with van der Waals surface area (Å²) >= 11 is 1.27. The number of aromatic nitrogens is 1. The van der Waals surface area contributed by atoms with Crippen molar-refractivity contribution in [1.29, 1.82) is 0 Å². The molecule has 9 heteroatoms. The van der Waals surface area contributed by atoms with Gasteiger partial charge in [0.25, 0.3) is 5.91 Å². The number of nitrogens with one attached hydrogen (secondary N) is 1. The van der Waals surface area contributed by atoms with Gasteiger partial charge in [-0.3, -0.25) is 14.4 Å². The molecule has 0 aromatic carbocycles. The van der Waals surface area contributed by atoms with Gasteiger partial charge in [0.1, 0.15) is 0 Å². The van der Waals surface area contributed by atoms with Crippen LogP contribution < -0.4 is 5.32 Å². The van der Waals surface area contributed by atoms with E-state index in [-0.39, 0.29) is 30.1 Å². The molecule has 26 heavy (non-hydrogen) atoms. The molecule has 3 heterocycles. The standard InChI is InChI=1S/C17H19N3O5S/c1-24-14(21)9-12-10-26-17(18-12)19-15(22)11-4-6-20(7-5-11)16(23)13-3-2-8-25-13/h2-3,8,10-11H,4-7,9H2,1H3,(H,18,19,22). The number of hydrogen-bond donors (Lipinski definition) is 1. The highest BCUT2D eigenvalue weighted by Crippen LogP contribution is 2.23. The number of carbonyl (C=O) groups excluding carboxylic acids is 3. The maximum atomic E-state index is 12.4. The van der Waals surface area contributed by atoms with Crippen LogP contribution in [-0.2, 0) is 20.7 Å². The number of amides is 2. The van der Waals surface area contributed by atoms with Crippen LogP contribution in [0.4, 0.5) is 5.13 Å². The zero-order chi connectivity index (χ0) is 18.5. The van der Waals surface area contributed by atoms with Gasteiger partial charge in [-0.2, -0.15) is 0 Å². The van der Waals surface area contributed by atoms with Crippen LogP contribution in [0.1, 0.15) is 29.1 Å². The van der Waals surface area contributed by atoms with Crippen LogP contribution in [0, 0.1) is 5.92 Å². The molecule has 1 N–H and O–H groups in total. The van der Waals surface area contributed by atoms with Crippen molar-refractivity contribution in [2.24, 2.45) is 5.92 Å². The average molecular weight is 377 g/mol. The van der Waals surface area contributed by atoms with E-state index in [2.05, 4.69) is 15.0 Å². The lowest BCUT2D eigenvalue weighted by molar-refractivity contribution is -0.139. The van der Waals surface area contributed by atoms with Crippen molar-refractivity contribution in [2.45, 2.75) is 19.3 Å². The highest BCUT2D eigenvalue weighted by molar-refractivity contribution is 7.13. The molecular weight excluding hydrogens is 358 g/mol. The Morgan fingerprint density at radius 3 is 2.81 bits per heavy atom. The molecule has 8 nitrogen and oxygen atoms in total. The van der Waals surface area contributed by atoms with Gasteiger partial charge < -0.3 is 19.4 Å². The molecule has 0 saturated carbocycles. The Morgan fingerprint density at radius 2 is 2.15 bits per heavy atom. The van der Waals surface area contributed by atoms with Crippen LogP contribution in [-0.4, -0.2) is 47.9 Å². The summed E-state index contributed by atoms with van der Waals surface area (Å²) in [5, 5.41) is 4.97. The minimum Gasteiger partial charge on any atom is -0.469 e. The number of hydrogen-bond acceptors (Lipinski definition) is 7. The SMILES string of the molecule is COC(=O)Cc1csc(NC(=O)C2CCN(C(=O)c3ccco3)CC2)n1. The first-order chi connectivity index (χ1) is 12.6. The molecule has 0 spiro atoms. The predicted octanol–water partition coefficient (Wildman–Crippen LogP) is 1.94. The number of thiazole rings is 1. The number of rotatable bonds is 5. The third kappa shape index (κ3) is 4.29. The van der Waals surface area contributed by atoms with Gasteiger partial charge in [0.15, 0.2) is 10.9 Å². The summed E-state index contributed by atoms with van der Waals surface area (Å²) in [6.45, 7) is 1.01. The van der Waals surface area contributed by atoms with Crippen molar-refractivity contribution in [3.63, 3.8) is 0 Å². The summed E-state index contributed by atoms with van der Waals surface area (Å²) in [6.07, 6.45) is 2.71. The minimum atomic E-state index is -0.373. The summed E-state index contributed by atoms with van der Waals surface area (Å²) < 4.78 is 9.72. The molecule has 0 aliphatic carbocycles. The zero-order valence-electron chi connectivity index (χ0n) is 14.3. The molecular formula is C17H19N3O5S. The molecule has 3 rings (SSSR count). The molecule has 1 fully saturated rings. The van der Waals surface area contributed by atoms with E-state index in [9.17, 15) is 14.4 Å². The molecule has 1 saturated heterocycles. The number of methoxy groups -OCH3 is 1. The monoisotopic (exact) mass is 377 g/mol. The first-order valence-corrected chi connectivity index (χ1v) is 9.09. The van der Waals surface area contributed by atoms with Crippen molar-refractivity contribution < 1.29 is 23.5 Å². The quantitative estimate of drug-likeness (QED) is 0.799. The van der Waals surface area contributed by atoms with Crippen LogP contribution in [0.5, 0.6) is 0 Å². The fourth-order valence-corrected chi connectivity index (χ4v) is 3.49. The van der Waals surface area contributed by atoms with E-state index in [4.69, 9.17) is 4.42 Å². The Balaban J connectivity index is 1.49. The smallest absolute Gasteiger partial charge is 0.311 e. The number of carbonyl (C=O) groups is 3. The Morgan fingerprint density at radius 1 is 1.38 bits per heavy atom. The molecule has 2 amide bonds. The van der Waals surface area contributed by atoms with E-state index in [0.29, 0.717) is 42.5 Å². The molecule has 1 aliphatic rings. The van der Waals surface area contributed by atoms with E-state index >= 15 is 0 Å². The van der Waals surface area contributed by atoms with Gasteiger partial charge in [0.05, 0.1) is 25.5 Å². The van der Waals surface area contributed by atoms with Crippen LogP contribution in [0.15, 0.2) is 28.2 Å². The Bertz CT molecular complexity index is 778. The Hall–Kier alpha value is -2.68. The van der Waals surface area contributed by atoms with Crippen molar-refractivity contribution in [2.75, 3.05) is 25.5 Å². The highest BCUT2D eigenvalue weighted by Gasteiger charge is 2.29. The van der Waals surface area contributed by atoms with E-state index in [0.717, 1.165) is 0 Å². The van der Waals surface area contributed by atoms with E-state index in [1.54, 1.807) is 22.4 Å². The molecule has 2 aromatic heterocycles. The van der Waals surface area contributed by atoms with E-state index in [1.165, 1.54) is 24.7 Å². The minimum absolute atomic E-state index is 0.0795. The van der Waals surface area contributed by atoms with E-state index in [1.807, 2.05) is 0 Å². The maximum Gasteiger partial charge on any atom is 0.311 e. The lowest BCUT2D eigenvalue weighted by atomic mass is 9.96. The molecule has 0 bridgehead atoms. The average Bonchev–Trinajstić information content (AvgIpc) is 3.33. The second-order valence-corrected chi connectivity index (χ2v) is 6.79. The van der Waals surface area contributed by atoms with Gasteiger partial charge in [-0.25, -0.2) is 4.98 Å². The Labute approximate surface area is 154 Å². The third-order valence-corrected chi connectivity index (χ3v) is 5.03. The summed E-state index contributed by atoms with van der Waals surface area (Å²) in [5.74, 6) is -0.505. The van der Waals surface area contributed by atoms with Gasteiger partial charge in [-0.1, -0.05) is 0 Å². The second kappa shape index (κ2) is 8.13. The van der Waals surface area contributed by atoms with E-state index < -0.39 is 0 Å². The Kier molecular flexibility index (Phi) is 5.67. The first-order valence-electron chi connectivity index (χ1n) is 8.21. The normalized spacial score (nSPS) is 14.9. The summed E-state index contributed by atoms with van der Waals surface area (Å²) in [5.41, 5.74) is 0.566.